The lowest BCUT2D eigenvalue weighted by Gasteiger charge is -2.16. The number of aryl methyl sites for hydroxylation is 1. The minimum atomic E-state index is -0.817. The second-order valence-electron chi connectivity index (χ2n) is 9.88. The van der Waals surface area contributed by atoms with Gasteiger partial charge in [-0.3, -0.25) is 14.2 Å². The summed E-state index contributed by atoms with van der Waals surface area (Å²) in [5.74, 6) is -0.0985. The number of aromatic nitrogens is 6. The molecule has 0 bridgehead atoms. The number of pyridine rings is 1. The molecule has 40 heavy (non-hydrogen) atoms. The molecule has 0 aliphatic heterocycles. The lowest BCUT2D eigenvalue weighted by atomic mass is 10.1. The molecular formula is C28H22ClFN8O2. The average molecular weight is 557 g/mol. The third-order valence-electron chi connectivity index (χ3n) is 6.71. The Hall–Kier alpha value is -4.82. The summed E-state index contributed by atoms with van der Waals surface area (Å²) in [4.78, 5) is 35.2. The molecule has 1 aliphatic rings. The molecule has 1 aliphatic carbocycles. The number of hydrogen-bond donors (Lipinski definition) is 1. The maximum Gasteiger partial charge on any atom is 0.359 e. The van der Waals surface area contributed by atoms with Gasteiger partial charge in [0.25, 0.3) is 0 Å². The van der Waals surface area contributed by atoms with Crippen LogP contribution in [0.3, 0.4) is 0 Å². The number of anilines is 2. The van der Waals surface area contributed by atoms with Crippen molar-refractivity contribution < 1.29 is 4.39 Å². The van der Waals surface area contributed by atoms with E-state index in [1.807, 2.05) is 10.9 Å². The lowest BCUT2D eigenvalue weighted by molar-refractivity contribution is 0.568. The normalized spacial score (nSPS) is 12.9. The maximum absolute atomic E-state index is 14.0. The largest absolute Gasteiger partial charge is 0.359 e. The molecule has 0 unspecified atom stereocenters. The Kier molecular flexibility index (Phi) is 6.40. The van der Waals surface area contributed by atoms with Gasteiger partial charge in [-0.2, -0.15) is 15.3 Å². The van der Waals surface area contributed by atoms with E-state index in [0.29, 0.717) is 22.2 Å². The second-order valence-corrected chi connectivity index (χ2v) is 10.3. The molecule has 0 amide bonds. The molecule has 5 aromatic rings. The highest BCUT2D eigenvalue weighted by Gasteiger charge is 2.22. The third-order valence-corrected chi connectivity index (χ3v) is 7.02. The number of benzene rings is 2. The van der Waals surface area contributed by atoms with Crippen molar-refractivity contribution in [3.8, 4) is 11.8 Å². The fraction of sp³-hybridized carbons (Fsp3) is 0.214. The van der Waals surface area contributed by atoms with Gasteiger partial charge in [0.05, 0.1) is 40.2 Å². The Bertz CT molecular complexity index is 1950. The average Bonchev–Trinajstić information content (AvgIpc) is 3.65. The topological polar surface area (TPSA) is 123 Å². The molecule has 0 radical (unpaired) electrons. The van der Waals surface area contributed by atoms with Crippen LogP contribution in [-0.4, -0.2) is 28.9 Å². The number of fused-ring (bicyclic) bond motifs is 1. The van der Waals surface area contributed by atoms with Crippen molar-refractivity contribution in [2.24, 2.45) is 5.92 Å². The van der Waals surface area contributed by atoms with E-state index in [9.17, 15) is 19.2 Å². The monoisotopic (exact) mass is 556 g/mol. The van der Waals surface area contributed by atoms with Crippen LogP contribution in [0.15, 0.2) is 64.6 Å². The zero-order valence-electron chi connectivity index (χ0n) is 21.3. The molecule has 0 atom stereocenters. The lowest BCUT2D eigenvalue weighted by Crippen LogP contribution is -2.41. The number of nitrogens with one attached hydrogen (secondary N) is 1. The Morgan fingerprint density at radius 3 is 2.75 bits per heavy atom. The van der Waals surface area contributed by atoms with E-state index in [0.717, 1.165) is 33.6 Å². The number of nitriles is 1. The molecule has 0 spiro atoms. The molecule has 1 N–H and O–H groups in total. The first-order chi connectivity index (χ1) is 19.3. The second kappa shape index (κ2) is 10.1. The molecular weight excluding hydrogens is 535 g/mol. The van der Waals surface area contributed by atoms with Gasteiger partial charge in [0, 0.05) is 24.3 Å². The zero-order valence-corrected chi connectivity index (χ0v) is 22.1. The molecule has 3 heterocycles. The quantitative estimate of drug-likeness (QED) is 0.317. The molecule has 2 aromatic carbocycles. The van der Waals surface area contributed by atoms with Crippen molar-refractivity contribution >= 4 is 34.1 Å². The van der Waals surface area contributed by atoms with Crippen LogP contribution < -0.4 is 16.7 Å². The maximum atomic E-state index is 14.0. The van der Waals surface area contributed by atoms with Crippen molar-refractivity contribution in [3.05, 3.63) is 103 Å². The van der Waals surface area contributed by atoms with Crippen LogP contribution in [0.2, 0.25) is 5.02 Å². The van der Waals surface area contributed by atoms with E-state index in [4.69, 9.17) is 11.6 Å². The molecule has 3 aromatic heterocycles. The summed E-state index contributed by atoms with van der Waals surface area (Å²) in [7, 11) is 0. The van der Waals surface area contributed by atoms with Gasteiger partial charge < -0.3 is 5.32 Å². The Balaban J connectivity index is 1.46. The Morgan fingerprint density at radius 1 is 1.18 bits per heavy atom. The molecule has 0 saturated heterocycles. The smallest absolute Gasteiger partial charge is 0.324 e. The van der Waals surface area contributed by atoms with E-state index >= 15 is 0 Å². The SMILES string of the molecule is Cc1cncc(-n2c(=O)nc(Nc3cc4cn(CC5CC5)nc4cc3Cl)n(Cc3ccc(F)c(C#N)c3)c2=O)c1. The van der Waals surface area contributed by atoms with E-state index in [2.05, 4.69) is 20.4 Å². The van der Waals surface area contributed by atoms with Gasteiger partial charge in [-0.1, -0.05) is 17.7 Å². The zero-order chi connectivity index (χ0) is 28.0. The fourth-order valence-corrected chi connectivity index (χ4v) is 4.73. The van der Waals surface area contributed by atoms with Gasteiger partial charge in [0.15, 0.2) is 0 Å². The van der Waals surface area contributed by atoms with E-state index in [1.165, 1.54) is 35.7 Å². The van der Waals surface area contributed by atoms with E-state index in [-0.39, 0.29) is 23.7 Å². The first kappa shape index (κ1) is 25.5. The number of hydrogen-bond acceptors (Lipinski definition) is 7. The number of halogens is 2. The predicted molar refractivity (Wildman–Crippen MR) is 148 cm³/mol. The summed E-state index contributed by atoms with van der Waals surface area (Å²) in [5, 5.41) is 18.1. The Labute approximate surface area is 231 Å². The van der Waals surface area contributed by atoms with E-state index < -0.39 is 17.2 Å². The van der Waals surface area contributed by atoms with Gasteiger partial charge in [0.2, 0.25) is 5.95 Å². The summed E-state index contributed by atoms with van der Waals surface area (Å²) in [6, 6.07) is 10.9. The summed E-state index contributed by atoms with van der Waals surface area (Å²) < 4.78 is 18.0. The van der Waals surface area contributed by atoms with Crippen LogP contribution in [0.25, 0.3) is 16.6 Å². The Morgan fingerprint density at radius 2 is 2.00 bits per heavy atom. The van der Waals surface area contributed by atoms with Gasteiger partial charge in [-0.15, -0.1) is 0 Å². The predicted octanol–water partition coefficient (Wildman–Crippen LogP) is 4.31. The summed E-state index contributed by atoms with van der Waals surface area (Å²) >= 11 is 6.58. The van der Waals surface area contributed by atoms with Crippen molar-refractivity contribution in [1.82, 2.24) is 28.9 Å². The van der Waals surface area contributed by atoms with Gasteiger partial charge in [-0.25, -0.2) is 18.5 Å². The minimum absolute atomic E-state index is 0.0682. The first-order valence-corrected chi connectivity index (χ1v) is 12.9. The van der Waals surface area contributed by atoms with Crippen molar-refractivity contribution in [1.29, 1.82) is 5.26 Å². The highest BCUT2D eigenvalue weighted by Crippen LogP contribution is 2.33. The summed E-state index contributed by atoms with van der Waals surface area (Å²) in [6.07, 6.45) is 7.32. The van der Waals surface area contributed by atoms with Gasteiger partial charge in [-0.05, 0) is 67.1 Å². The van der Waals surface area contributed by atoms with Crippen LogP contribution >= 0.6 is 11.6 Å². The van der Waals surface area contributed by atoms with Crippen LogP contribution in [-0.2, 0) is 13.1 Å². The molecule has 1 saturated carbocycles. The van der Waals surface area contributed by atoms with Crippen molar-refractivity contribution in [2.45, 2.75) is 32.9 Å². The van der Waals surface area contributed by atoms with Crippen LogP contribution in [0.4, 0.5) is 16.0 Å². The van der Waals surface area contributed by atoms with Gasteiger partial charge >= 0.3 is 11.4 Å². The van der Waals surface area contributed by atoms with Crippen molar-refractivity contribution in [2.75, 3.05) is 5.32 Å². The van der Waals surface area contributed by atoms with E-state index in [1.54, 1.807) is 37.4 Å². The third kappa shape index (κ3) is 4.97. The highest BCUT2D eigenvalue weighted by atomic mass is 35.5. The first-order valence-electron chi connectivity index (χ1n) is 12.6. The van der Waals surface area contributed by atoms with Crippen LogP contribution in [0.5, 0.6) is 0 Å². The molecule has 10 nitrogen and oxygen atoms in total. The summed E-state index contributed by atoms with van der Waals surface area (Å²) in [6.45, 7) is 2.52. The molecule has 200 valence electrons. The standard InChI is InChI=1S/C28H22ClFN8O2/c1-16-6-21(12-32-11-16)38-27(39)34-26(37(28(38)40)14-18-4-5-23(30)19(7-18)10-31)33-25-8-20-15-36(13-17-2-3-17)35-24(20)9-22(25)29/h4-9,11-12,15,17H,2-3,13-14H2,1H3,(H,33,34,39). The fourth-order valence-electron chi connectivity index (χ4n) is 4.53. The van der Waals surface area contributed by atoms with Crippen LogP contribution in [0, 0.1) is 30.0 Å². The molecule has 1 fully saturated rings. The van der Waals surface area contributed by atoms with Crippen LogP contribution in [0.1, 0.15) is 29.5 Å². The van der Waals surface area contributed by atoms with Gasteiger partial charge in [0.1, 0.15) is 11.9 Å². The molecule has 12 heteroatoms. The molecule has 6 rings (SSSR count). The highest BCUT2D eigenvalue weighted by molar-refractivity contribution is 6.34. The summed E-state index contributed by atoms with van der Waals surface area (Å²) in [5.41, 5.74) is 0.918. The van der Waals surface area contributed by atoms with Crippen molar-refractivity contribution in [3.63, 3.8) is 0 Å². The number of rotatable bonds is 7. The minimum Gasteiger partial charge on any atom is -0.324 e. The number of nitrogens with zero attached hydrogens (tertiary/aromatic N) is 7.